The van der Waals surface area contributed by atoms with Crippen LogP contribution in [-0.4, -0.2) is 0 Å². The number of halogens is 1. The Labute approximate surface area is 88.9 Å². The van der Waals surface area contributed by atoms with Gasteiger partial charge in [-0.25, -0.2) is 0 Å². The molecule has 0 aliphatic rings. The van der Waals surface area contributed by atoms with Gasteiger partial charge in [0.1, 0.15) is 0 Å². The average Bonchev–Trinajstić information content (AvgIpc) is 2.43. The molecule has 0 radical (unpaired) electrons. The number of hydrogen-bond acceptors (Lipinski definition) is 2. The summed E-state index contributed by atoms with van der Waals surface area (Å²) in [6.45, 7) is 4.93. The van der Waals surface area contributed by atoms with Gasteiger partial charge in [-0.3, -0.25) is 0 Å². The molecule has 2 N–H and O–H groups in total. The molecule has 3 heteroatoms. The summed E-state index contributed by atoms with van der Waals surface area (Å²) < 4.78 is 0.891. The summed E-state index contributed by atoms with van der Waals surface area (Å²) in [5.74, 6) is 0. The van der Waals surface area contributed by atoms with Gasteiger partial charge >= 0.3 is 0 Å². The summed E-state index contributed by atoms with van der Waals surface area (Å²) in [6.07, 6.45) is 3.34. The fourth-order valence-electron chi connectivity index (χ4n) is 1.55. The molecule has 0 aliphatic carbocycles. The lowest BCUT2D eigenvalue weighted by Gasteiger charge is -2.02. The van der Waals surface area contributed by atoms with Crippen LogP contribution in [0, 0.1) is 0 Å². The summed E-state index contributed by atoms with van der Waals surface area (Å²) in [5.41, 5.74) is 8.25. The minimum Gasteiger partial charge on any atom is -0.326 e. The van der Waals surface area contributed by atoms with Gasteiger partial charge in [-0.1, -0.05) is 31.9 Å². The lowest BCUT2D eigenvalue weighted by Crippen LogP contribution is -2.00. The standard InChI is InChI=1S/C10H16ClNS/c1-3-5-7-8(6-12)10(11)13-9(7)4-2/h3-6,12H2,1-2H3. The fraction of sp³-hybridized carbons (Fsp3) is 0.600. The second kappa shape index (κ2) is 4.99. The summed E-state index contributed by atoms with van der Waals surface area (Å²) in [6, 6.07) is 0. The van der Waals surface area contributed by atoms with E-state index in [0.717, 1.165) is 23.6 Å². The maximum atomic E-state index is 6.10. The average molecular weight is 218 g/mol. The Kier molecular flexibility index (Phi) is 4.23. The van der Waals surface area contributed by atoms with Gasteiger partial charge in [-0.15, -0.1) is 11.3 Å². The van der Waals surface area contributed by atoms with Crippen molar-refractivity contribution in [2.45, 2.75) is 39.7 Å². The van der Waals surface area contributed by atoms with Crippen LogP contribution in [0.4, 0.5) is 0 Å². The van der Waals surface area contributed by atoms with Crippen LogP contribution in [0.3, 0.4) is 0 Å². The Balaban J connectivity index is 3.08. The minimum atomic E-state index is 0.574. The van der Waals surface area contributed by atoms with E-state index in [2.05, 4.69) is 13.8 Å². The van der Waals surface area contributed by atoms with Crippen molar-refractivity contribution in [1.29, 1.82) is 0 Å². The number of thiophene rings is 1. The van der Waals surface area contributed by atoms with E-state index in [4.69, 9.17) is 17.3 Å². The smallest absolute Gasteiger partial charge is 0.0978 e. The van der Waals surface area contributed by atoms with E-state index in [1.54, 1.807) is 11.3 Å². The molecule has 0 aromatic carbocycles. The molecule has 13 heavy (non-hydrogen) atoms. The first-order chi connectivity index (χ1) is 6.24. The lowest BCUT2D eigenvalue weighted by molar-refractivity contribution is 0.885. The van der Waals surface area contributed by atoms with Crippen molar-refractivity contribution in [2.75, 3.05) is 0 Å². The van der Waals surface area contributed by atoms with E-state index in [1.807, 2.05) is 0 Å². The van der Waals surface area contributed by atoms with Crippen LogP contribution in [0.2, 0.25) is 4.34 Å². The van der Waals surface area contributed by atoms with Crippen LogP contribution in [0.15, 0.2) is 0 Å². The maximum Gasteiger partial charge on any atom is 0.0978 e. The summed E-state index contributed by atoms with van der Waals surface area (Å²) in [7, 11) is 0. The molecular formula is C10H16ClNS. The molecule has 0 aliphatic heterocycles. The number of nitrogens with two attached hydrogens (primary N) is 1. The first kappa shape index (κ1) is 11.0. The zero-order valence-electron chi connectivity index (χ0n) is 8.19. The minimum absolute atomic E-state index is 0.574. The molecule has 0 amide bonds. The summed E-state index contributed by atoms with van der Waals surface area (Å²) >= 11 is 7.79. The molecule has 0 bridgehead atoms. The van der Waals surface area contributed by atoms with E-state index in [-0.39, 0.29) is 0 Å². The van der Waals surface area contributed by atoms with E-state index in [9.17, 15) is 0 Å². The Morgan fingerprint density at radius 2 is 2.00 bits per heavy atom. The van der Waals surface area contributed by atoms with Gasteiger partial charge in [0.2, 0.25) is 0 Å². The molecule has 0 atom stereocenters. The molecule has 0 saturated heterocycles. The molecule has 0 fully saturated rings. The Hall–Kier alpha value is -0.0500. The second-order valence-electron chi connectivity index (χ2n) is 3.06. The Morgan fingerprint density at radius 1 is 1.31 bits per heavy atom. The summed E-state index contributed by atoms with van der Waals surface area (Å²) in [5, 5.41) is 0. The third-order valence-corrected chi connectivity index (χ3v) is 3.84. The van der Waals surface area contributed by atoms with Gasteiger partial charge in [0, 0.05) is 11.4 Å². The van der Waals surface area contributed by atoms with Gasteiger partial charge < -0.3 is 5.73 Å². The zero-order valence-corrected chi connectivity index (χ0v) is 9.76. The highest BCUT2D eigenvalue weighted by molar-refractivity contribution is 7.16. The van der Waals surface area contributed by atoms with Gasteiger partial charge in [0.15, 0.2) is 0 Å². The molecule has 0 unspecified atom stereocenters. The van der Waals surface area contributed by atoms with E-state index >= 15 is 0 Å². The van der Waals surface area contributed by atoms with Crippen molar-refractivity contribution in [3.8, 4) is 0 Å². The quantitative estimate of drug-likeness (QED) is 0.823. The van der Waals surface area contributed by atoms with Crippen LogP contribution >= 0.6 is 22.9 Å². The molecule has 1 heterocycles. The predicted molar refractivity (Wildman–Crippen MR) is 60.6 cm³/mol. The molecule has 0 spiro atoms. The van der Waals surface area contributed by atoms with Crippen LogP contribution in [-0.2, 0) is 19.4 Å². The highest BCUT2D eigenvalue weighted by Crippen LogP contribution is 2.33. The van der Waals surface area contributed by atoms with Gasteiger partial charge in [0.05, 0.1) is 4.34 Å². The monoisotopic (exact) mass is 217 g/mol. The molecule has 1 aromatic heterocycles. The van der Waals surface area contributed by atoms with Crippen molar-refractivity contribution >= 4 is 22.9 Å². The molecule has 1 aromatic rings. The second-order valence-corrected chi connectivity index (χ2v) is 4.77. The van der Waals surface area contributed by atoms with Crippen molar-refractivity contribution in [3.63, 3.8) is 0 Å². The first-order valence-corrected chi connectivity index (χ1v) is 5.92. The fourth-order valence-corrected chi connectivity index (χ4v) is 3.06. The molecule has 0 saturated carbocycles. The van der Waals surface area contributed by atoms with Crippen molar-refractivity contribution < 1.29 is 0 Å². The third-order valence-electron chi connectivity index (χ3n) is 2.18. The molecule has 1 nitrogen and oxygen atoms in total. The third kappa shape index (κ3) is 2.25. The zero-order chi connectivity index (χ0) is 9.84. The topological polar surface area (TPSA) is 26.0 Å². The van der Waals surface area contributed by atoms with Crippen molar-refractivity contribution in [2.24, 2.45) is 5.73 Å². The van der Waals surface area contributed by atoms with Gasteiger partial charge in [-0.05, 0) is 24.0 Å². The van der Waals surface area contributed by atoms with Crippen LogP contribution in [0.1, 0.15) is 36.3 Å². The highest BCUT2D eigenvalue weighted by atomic mass is 35.5. The van der Waals surface area contributed by atoms with Gasteiger partial charge in [-0.2, -0.15) is 0 Å². The summed E-state index contributed by atoms with van der Waals surface area (Å²) in [4.78, 5) is 1.41. The maximum absolute atomic E-state index is 6.10. The SMILES string of the molecule is CCCc1c(CC)sc(Cl)c1CN. The number of hydrogen-bond donors (Lipinski definition) is 1. The predicted octanol–water partition coefficient (Wildman–Crippen LogP) is 3.38. The Bertz CT molecular complexity index is 281. The number of rotatable bonds is 4. The molecule has 1 rings (SSSR count). The van der Waals surface area contributed by atoms with E-state index < -0.39 is 0 Å². The number of aryl methyl sites for hydroxylation is 1. The molecular weight excluding hydrogens is 202 g/mol. The largest absolute Gasteiger partial charge is 0.326 e. The molecule has 74 valence electrons. The Morgan fingerprint density at radius 3 is 2.46 bits per heavy atom. The van der Waals surface area contributed by atoms with Gasteiger partial charge in [0.25, 0.3) is 0 Å². The normalized spacial score (nSPS) is 10.8. The van der Waals surface area contributed by atoms with Crippen molar-refractivity contribution in [1.82, 2.24) is 0 Å². The first-order valence-electron chi connectivity index (χ1n) is 4.73. The van der Waals surface area contributed by atoms with Crippen LogP contribution in [0.25, 0.3) is 0 Å². The van der Waals surface area contributed by atoms with E-state index in [1.165, 1.54) is 16.0 Å². The van der Waals surface area contributed by atoms with Crippen LogP contribution < -0.4 is 5.73 Å². The lowest BCUT2D eigenvalue weighted by atomic mass is 10.1. The van der Waals surface area contributed by atoms with Crippen molar-refractivity contribution in [3.05, 3.63) is 20.3 Å². The highest BCUT2D eigenvalue weighted by Gasteiger charge is 2.13. The van der Waals surface area contributed by atoms with E-state index in [0.29, 0.717) is 6.54 Å². The van der Waals surface area contributed by atoms with Crippen LogP contribution in [0.5, 0.6) is 0 Å².